The van der Waals surface area contributed by atoms with E-state index in [1.54, 1.807) is 24.3 Å². The zero-order valence-electron chi connectivity index (χ0n) is 18.2. The van der Waals surface area contributed by atoms with Gasteiger partial charge in [0.1, 0.15) is 29.1 Å². The molecule has 0 aliphatic carbocycles. The first-order valence-corrected chi connectivity index (χ1v) is 10.00. The van der Waals surface area contributed by atoms with Crippen LogP contribution in [0.1, 0.15) is 43.6 Å². The topological polar surface area (TPSA) is 90.6 Å². The van der Waals surface area contributed by atoms with Crippen LogP contribution in [0.5, 0.6) is 0 Å². The third kappa shape index (κ3) is 4.81. The molecule has 0 aromatic heterocycles. The van der Waals surface area contributed by atoms with E-state index in [0.717, 1.165) is 5.46 Å². The monoisotopic (exact) mass is 448 g/mol. The van der Waals surface area contributed by atoms with E-state index in [9.17, 15) is 22.8 Å². The highest BCUT2D eigenvalue weighted by molar-refractivity contribution is 6.62. The summed E-state index contributed by atoms with van der Waals surface area (Å²) in [6.45, 7) is 7.76. The standard InChI is InChI=1S/C22H24BF3N2O4/c1-21(2)22(3,4)32-23(31-21)13-7-5-12(6-8-13)9-17(19(27)29)28-20(30)18-15(25)10-14(24)11-16(18)26/h5-8,10-11,17H,9H2,1-4H3,(H2,27,29)(H,28,30)/t17-/m0/s1. The van der Waals surface area contributed by atoms with Gasteiger partial charge in [0.2, 0.25) is 5.91 Å². The normalized spacial score (nSPS) is 17.8. The molecule has 0 saturated carbocycles. The van der Waals surface area contributed by atoms with E-state index in [1.165, 1.54) is 0 Å². The van der Waals surface area contributed by atoms with Gasteiger partial charge >= 0.3 is 7.12 Å². The molecule has 1 atom stereocenters. The first kappa shape index (κ1) is 23.8. The molecule has 1 heterocycles. The van der Waals surface area contributed by atoms with Crippen molar-refractivity contribution in [3.05, 3.63) is 65.0 Å². The van der Waals surface area contributed by atoms with Crippen molar-refractivity contribution < 1.29 is 32.1 Å². The fourth-order valence-electron chi connectivity index (χ4n) is 3.24. The number of primary amides is 1. The van der Waals surface area contributed by atoms with Crippen LogP contribution in [0.15, 0.2) is 36.4 Å². The number of carbonyl (C=O) groups excluding carboxylic acids is 2. The minimum atomic E-state index is -1.38. The number of hydrogen-bond donors (Lipinski definition) is 2. The fourth-order valence-corrected chi connectivity index (χ4v) is 3.24. The Kier molecular flexibility index (Phi) is 6.39. The Balaban J connectivity index is 1.72. The van der Waals surface area contributed by atoms with E-state index in [-0.39, 0.29) is 6.42 Å². The molecule has 2 aromatic carbocycles. The van der Waals surface area contributed by atoms with Crippen molar-refractivity contribution in [2.24, 2.45) is 5.73 Å². The number of carbonyl (C=O) groups is 2. The number of benzene rings is 2. The van der Waals surface area contributed by atoms with Crippen molar-refractivity contribution in [3.63, 3.8) is 0 Å². The van der Waals surface area contributed by atoms with Crippen LogP contribution in [0.25, 0.3) is 0 Å². The van der Waals surface area contributed by atoms with Gasteiger partial charge in [-0.3, -0.25) is 9.59 Å². The molecule has 170 valence electrons. The lowest BCUT2D eigenvalue weighted by Gasteiger charge is -2.32. The molecule has 6 nitrogen and oxygen atoms in total. The summed E-state index contributed by atoms with van der Waals surface area (Å²) < 4.78 is 52.8. The summed E-state index contributed by atoms with van der Waals surface area (Å²) in [6, 6.07) is 6.46. The van der Waals surface area contributed by atoms with Gasteiger partial charge in [-0.15, -0.1) is 0 Å². The van der Waals surface area contributed by atoms with Crippen molar-refractivity contribution in [3.8, 4) is 0 Å². The van der Waals surface area contributed by atoms with Crippen LogP contribution in [-0.2, 0) is 20.5 Å². The van der Waals surface area contributed by atoms with E-state index < -0.39 is 59.2 Å². The van der Waals surface area contributed by atoms with Gasteiger partial charge in [-0.25, -0.2) is 13.2 Å². The van der Waals surface area contributed by atoms with E-state index in [2.05, 4.69) is 5.32 Å². The van der Waals surface area contributed by atoms with Gasteiger partial charge in [0, 0.05) is 18.6 Å². The summed E-state index contributed by atoms with van der Waals surface area (Å²) >= 11 is 0. The van der Waals surface area contributed by atoms with Crippen LogP contribution in [0.4, 0.5) is 13.2 Å². The highest BCUT2D eigenvalue weighted by atomic mass is 19.1. The van der Waals surface area contributed by atoms with Crippen LogP contribution >= 0.6 is 0 Å². The van der Waals surface area contributed by atoms with Gasteiger partial charge < -0.3 is 20.4 Å². The van der Waals surface area contributed by atoms with E-state index in [0.29, 0.717) is 17.7 Å². The van der Waals surface area contributed by atoms with Gasteiger partial charge in [0.25, 0.3) is 5.91 Å². The molecular formula is C22H24BF3N2O4. The van der Waals surface area contributed by atoms with E-state index in [4.69, 9.17) is 15.0 Å². The largest absolute Gasteiger partial charge is 0.494 e. The summed E-state index contributed by atoms with van der Waals surface area (Å²) in [5, 5.41) is 2.21. The smallest absolute Gasteiger partial charge is 0.399 e. The van der Waals surface area contributed by atoms with Gasteiger partial charge in [-0.1, -0.05) is 24.3 Å². The second-order valence-electron chi connectivity index (χ2n) is 8.71. The zero-order valence-corrected chi connectivity index (χ0v) is 18.2. The molecular weight excluding hydrogens is 424 g/mol. The fraction of sp³-hybridized carbons (Fsp3) is 0.364. The second kappa shape index (κ2) is 8.59. The summed E-state index contributed by atoms with van der Waals surface area (Å²) in [4.78, 5) is 24.1. The third-order valence-corrected chi connectivity index (χ3v) is 5.83. The Labute approximate surface area is 184 Å². The molecule has 0 bridgehead atoms. The summed E-state index contributed by atoms with van der Waals surface area (Å²) in [5.41, 5.74) is 4.77. The van der Waals surface area contributed by atoms with Crippen LogP contribution in [0.3, 0.4) is 0 Å². The Morgan fingerprint density at radius 3 is 1.97 bits per heavy atom. The number of hydrogen-bond acceptors (Lipinski definition) is 4. The van der Waals surface area contributed by atoms with Gasteiger partial charge in [-0.05, 0) is 38.7 Å². The predicted molar refractivity (Wildman–Crippen MR) is 113 cm³/mol. The highest BCUT2D eigenvalue weighted by Gasteiger charge is 2.51. The van der Waals surface area contributed by atoms with E-state index in [1.807, 2.05) is 27.7 Å². The molecule has 1 aliphatic rings. The molecule has 1 saturated heterocycles. The number of amides is 2. The SMILES string of the molecule is CC1(C)OB(c2ccc(C[C@H](NC(=O)c3c(F)cc(F)cc3F)C(N)=O)cc2)OC1(C)C. The highest BCUT2D eigenvalue weighted by Crippen LogP contribution is 2.36. The zero-order chi connectivity index (χ0) is 23.8. The Morgan fingerprint density at radius 2 is 1.50 bits per heavy atom. The second-order valence-corrected chi connectivity index (χ2v) is 8.71. The first-order chi connectivity index (χ1) is 14.8. The minimum absolute atomic E-state index is 0.0187. The number of nitrogens with two attached hydrogens (primary N) is 1. The van der Waals surface area contributed by atoms with Crippen LogP contribution in [0.2, 0.25) is 0 Å². The summed E-state index contributed by atoms with van der Waals surface area (Å²) in [6.07, 6.45) is -0.0187. The average molecular weight is 448 g/mol. The molecule has 3 N–H and O–H groups in total. The number of nitrogens with one attached hydrogen (secondary N) is 1. The summed E-state index contributed by atoms with van der Waals surface area (Å²) in [5.74, 6) is -6.02. The molecule has 0 spiro atoms. The molecule has 2 amide bonds. The van der Waals surface area contributed by atoms with Gasteiger partial charge in [0.15, 0.2) is 0 Å². The molecule has 10 heteroatoms. The molecule has 1 aliphatic heterocycles. The number of halogens is 3. The lowest BCUT2D eigenvalue weighted by molar-refractivity contribution is -0.119. The van der Waals surface area contributed by atoms with Crippen molar-refractivity contribution in [2.45, 2.75) is 51.4 Å². The maximum Gasteiger partial charge on any atom is 0.494 e. The first-order valence-electron chi connectivity index (χ1n) is 10.00. The maximum absolute atomic E-state index is 13.9. The quantitative estimate of drug-likeness (QED) is 0.664. The Hall–Kier alpha value is -2.85. The molecule has 3 rings (SSSR count). The van der Waals surface area contributed by atoms with Crippen molar-refractivity contribution >= 4 is 24.4 Å². The molecule has 1 fully saturated rings. The van der Waals surface area contributed by atoms with Crippen molar-refractivity contribution in [2.75, 3.05) is 0 Å². The van der Waals surface area contributed by atoms with Gasteiger partial charge in [-0.2, -0.15) is 0 Å². The lowest BCUT2D eigenvalue weighted by Crippen LogP contribution is -2.46. The van der Waals surface area contributed by atoms with Crippen LogP contribution < -0.4 is 16.5 Å². The van der Waals surface area contributed by atoms with E-state index >= 15 is 0 Å². The van der Waals surface area contributed by atoms with Crippen molar-refractivity contribution in [1.29, 1.82) is 0 Å². The average Bonchev–Trinajstić information content (AvgIpc) is 2.88. The maximum atomic E-state index is 13.9. The minimum Gasteiger partial charge on any atom is -0.399 e. The summed E-state index contributed by atoms with van der Waals surface area (Å²) in [7, 11) is -0.565. The van der Waals surface area contributed by atoms with Crippen molar-refractivity contribution in [1.82, 2.24) is 5.32 Å². The van der Waals surface area contributed by atoms with Crippen LogP contribution in [-0.4, -0.2) is 36.2 Å². The van der Waals surface area contributed by atoms with Gasteiger partial charge in [0.05, 0.1) is 11.2 Å². The third-order valence-electron chi connectivity index (χ3n) is 5.83. The molecule has 0 radical (unpaired) electrons. The Bertz CT molecular complexity index is 1000. The van der Waals surface area contributed by atoms with Crippen LogP contribution in [0, 0.1) is 17.5 Å². The Morgan fingerprint density at radius 1 is 1.00 bits per heavy atom. The molecule has 0 unspecified atom stereocenters. The molecule has 32 heavy (non-hydrogen) atoms. The predicted octanol–water partition coefficient (Wildman–Crippen LogP) is 2.23. The number of rotatable bonds is 6. The molecule has 2 aromatic rings. The lowest BCUT2D eigenvalue weighted by atomic mass is 9.78.